The fourth-order valence-electron chi connectivity index (χ4n) is 3.31. The van der Waals surface area contributed by atoms with Crippen molar-refractivity contribution in [2.45, 2.75) is 51.0 Å². The number of hydrogen-bond acceptors (Lipinski definition) is 2. The van der Waals surface area contributed by atoms with E-state index >= 15 is 0 Å². The van der Waals surface area contributed by atoms with Gasteiger partial charge >= 0.3 is 5.97 Å². The van der Waals surface area contributed by atoms with E-state index in [0.29, 0.717) is 6.42 Å². The van der Waals surface area contributed by atoms with Gasteiger partial charge < -0.3 is 4.74 Å². The number of ether oxygens (including phenoxy) is 1. The van der Waals surface area contributed by atoms with E-state index in [0.717, 1.165) is 36.6 Å². The highest BCUT2D eigenvalue weighted by Crippen LogP contribution is 2.31. The lowest BCUT2D eigenvalue weighted by atomic mass is 9.86. The van der Waals surface area contributed by atoms with Crippen LogP contribution in [0.5, 0.6) is 0 Å². The molecule has 1 fully saturated rings. The molecule has 2 aromatic carbocycles. The Morgan fingerprint density at radius 1 is 1.05 bits per heavy atom. The van der Waals surface area contributed by atoms with Crippen LogP contribution in [-0.2, 0) is 16.0 Å². The minimum atomic E-state index is -0.250. The summed E-state index contributed by atoms with van der Waals surface area (Å²) in [5, 5.41) is 2.32. The largest absolute Gasteiger partial charge is 0.459 e. The van der Waals surface area contributed by atoms with Crippen LogP contribution in [0.15, 0.2) is 42.5 Å². The highest BCUT2D eigenvalue weighted by atomic mass is 16.6. The molecule has 0 bridgehead atoms. The van der Waals surface area contributed by atoms with Crippen molar-refractivity contribution < 1.29 is 9.53 Å². The molecule has 2 heteroatoms. The molecule has 2 aromatic rings. The molecule has 110 valence electrons. The van der Waals surface area contributed by atoms with Crippen LogP contribution in [0.4, 0.5) is 0 Å². The Labute approximate surface area is 126 Å². The number of carbonyl (C=O) groups is 1. The molecule has 0 unspecified atom stereocenters. The molecule has 2 nitrogen and oxygen atoms in total. The number of esters is 1. The number of rotatable bonds is 3. The molecule has 0 N–H and O–H groups in total. The summed E-state index contributed by atoms with van der Waals surface area (Å²) in [7, 11) is 0. The molecule has 1 aliphatic rings. The van der Waals surface area contributed by atoms with E-state index in [9.17, 15) is 4.79 Å². The smallest absolute Gasteiger partial charge is 0.310 e. The van der Waals surface area contributed by atoms with Gasteiger partial charge in [0.15, 0.2) is 0 Å². The van der Waals surface area contributed by atoms with Crippen LogP contribution in [0.2, 0.25) is 0 Å². The molecule has 0 radical (unpaired) electrons. The first-order valence-electron chi connectivity index (χ1n) is 7.85. The minimum Gasteiger partial charge on any atom is -0.459 e. The van der Waals surface area contributed by atoms with Crippen LogP contribution in [0.3, 0.4) is 0 Å². The van der Waals surface area contributed by atoms with Crippen LogP contribution in [0.25, 0.3) is 10.8 Å². The zero-order valence-corrected chi connectivity index (χ0v) is 12.6. The quantitative estimate of drug-likeness (QED) is 0.766. The van der Waals surface area contributed by atoms with E-state index in [2.05, 4.69) is 25.1 Å². The molecule has 0 aromatic heterocycles. The second-order valence-corrected chi connectivity index (χ2v) is 6.30. The van der Waals surface area contributed by atoms with E-state index in [-0.39, 0.29) is 11.6 Å². The van der Waals surface area contributed by atoms with E-state index < -0.39 is 0 Å². The molecule has 0 spiro atoms. The van der Waals surface area contributed by atoms with Gasteiger partial charge in [0.2, 0.25) is 0 Å². The minimum absolute atomic E-state index is 0.101. The van der Waals surface area contributed by atoms with Gasteiger partial charge in [0.1, 0.15) is 5.60 Å². The SMILES string of the molecule is CC1(OC(=O)Cc2cccc3ccccc23)CCCCC1. The van der Waals surface area contributed by atoms with Gasteiger partial charge in [-0.25, -0.2) is 0 Å². The van der Waals surface area contributed by atoms with Crippen molar-refractivity contribution in [3.8, 4) is 0 Å². The summed E-state index contributed by atoms with van der Waals surface area (Å²) in [4.78, 5) is 12.3. The fourth-order valence-corrected chi connectivity index (χ4v) is 3.31. The van der Waals surface area contributed by atoms with Crippen LogP contribution in [-0.4, -0.2) is 11.6 Å². The number of fused-ring (bicyclic) bond motifs is 1. The molecule has 1 saturated carbocycles. The molecular weight excluding hydrogens is 260 g/mol. The van der Waals surface area contributed by atoms with Crippen molar-refractivity contribution in [2.75, 3.05) is 0 Å². The van der Waals surface area contributed by atoms with Crippen molar-refractivity contribution in [2.24, 2.45) is 0 Å². The fraction of sp³-hybridized carbons (Fsp3) is 0.421. The van der Waals surface area contributed by atoms with Gasteiger partial charge in [-0.3, -0.25) is 4.79 Å². The van der Waals surface area contributed by atoms with Crippen molar-refractivity contribution >= 4 is 16.7 Å². The third-order valence-corrected chi connectivity index (χ3v) is 4.49. The summed E-state index contributed by atoms with van der Waals surface area (Å²) in [5.41, 5.74) is 0.803. The Kier molecular flexibility index (Phi) is 3.96. The highest BCUT2D eigenvalue weighted by molar-refractivity contribution is 5.89. The van der Waals surface area contributed by atoms with Gasteiger partial charge in [-0.1, -0.05) is 48.9 Å². The van der Waals surface area contributed by atoms with Crippen molar-refractivity contribution in [1.29, 1.82) is 0 Å². The second kappa shape index (κ2) is 5.88. The van der Waals surface area contributed by atoms with Gasteiger partial charge in [0.05, 0.1) is 6.42 Å². The van der Waals surface area contributed by atoms with E-state index in [1.165, 1.54) is 11.8 Å². The van der Waals surface area contributed by atoms with Gasteiger partial charge in [-0.15, -0.1) is 0 Å². The molecule has 3 rings (SSSR count). The van der Waals surface area contributed by atoms with Crippen molar-refractivity contribution in [3.05, 3.63) is 48.0 Å². The summed E-state index contributed by atoms with van der Waals surface area (Å²) in [6.07, 6.45) is 5.94. The predicted octanol–water partition coefficient (Wildman–Crippen LogP) is 4.65. The van der Waals surface area contributed by atoms with Crippen LogP contribution < -0.4 is 0 Å². The predicted molar refractivity (Wildman–Crippen MR) is 85.2 cm³/mol. The van der Waals surface area contributed by atoms with Crippen molar-refractivity contribution in [3.63, 3.8) is 0 Å². The first kappa shape index (κ1) is 14.1. The zero-order chi connectivity index (χ0) is 14.7. The lowest BCUT2D eigenvalue weighted by molar-refractivity contribution is -0.160. The lowest BCUT2D eigenvalue weighted by Crippen LogP contribution is -2.34. The van der Waals surface area contributed by atoms with Crippen LogP contribution >= 0.6 is 0 Å². The summed E-state index contributed by atoms with van der Waals surface area (Å²) in [5.74, 6) is -0.101. The Morgan fingerprint density at radius 3 is 2.57 bits per heavy atom. The number of hydrogen-bond donors (Lipinski definition) is 0. The van der Waals surface area contributed by atoms with Crippen molar-refractivity contribution in [1.82, 2.24) is 0 Å². The molecule has 0 heterocycles. The average Bonchev–Trinajstić information content (AvgIpc) is 2.48. The Hall–Kier alpha value is -1.83. The molecule has 1 aliphatic carbocycles. The molecule has 0 amide bonds. The maximum atomic E-state index is 12.3. The van der Waals surface area contributed by atoms with E-state index in [1.54, 1.807) is 0 Å². The third kappa shape index (κ3) is 3.26. The molecule has 0 atom stereocenters. The summed E-state index contributed by atoms with van der Waals surface area (Å²) in [6, 6.07) is 14.3. The zero-order valence-electron chi connectivity index (χ0n) is 12.6. The topological polar surface area (TPSA) is 26.3 Å². The standard InChI is InChI=1S/C19H22O2/c1-19(12-5-2-6-13-19)21-18(20)14-16-10-7-9-15-8-3-4-11-17(15)16/h3-4,7-11H,2,5-6,12-14H2,1H3. The summed E-state index contributed by atoms with van der Waals surface area (Å²) >= 11 is 0. The second-order valence-electron chi connectivity index (χ2n) is 6.30. The Balaban J connectivity index is 1.74. The third-order valence-electron chi connectivity index (χ3n) is 4.49. The van der Waals surface area contributed by atoms with Gasteiger partial charge in [0, 0.05) is 0 Å². The maximum absolute atomic E-state index is 12.3. The van der Waals surface area contributed by atoms with Crippen LogP contribution in [0, 0.1) is 0 Å². The monoisotopic (exact) mass is 282 g/mol. The lowest BCUT2D eigenvalue weighted by Gasteiger charge is -2.33. The van der Waals surface area contributed by atoms with Crippen LogP contribution in [0.1, 0.15) is 44.6 Å². The van der Waals surface area contributed by atoms with Gasteiger partial charge in [0.25, 0.3) is 0 Å². The first-order chi connectivity index (χ1) is 10.2. The normalized spacial score (nSPS) is 17.6. The molecular formula is C19H22O2. The van der Waals surface area contributed by atoms with E-state index in [1.807, 2.05) is 24.3 Å². The maximum Gasteiger partial charge on any atom is 0.310 e. The van der Waals surface area contributed by atoms with Gasteiger partial charge in [-0.05, 0) is 48.9 Å². The Morgan fingerprint density at radius 2 is 1.76 bits per heavy atom. The first-order valence-corrected chi connectivity index (χ1v) is 7.85. The molecule has 21 heavy (non-hydrogen) atoms. The number of benzene rings is 2. The van der Waals surface area contributed by atoms with Gasteiger partial charge in [-0.2, -0.15) is 0 Å². The highest BCUT2D eigenvalue weighted by Gasteiger charge is 2.30. The Bertz CT molecular complexity index is 634. The molecule has 0 aliphatic heterocycles. The average molecular weight is 282 g/mol. The summed E-state index contributed by atoms with van der Waals surface area (Å²) < 4.78 is 5.79. The number of carbonyl (C=O) groups excluding carboxylic acids is 1. The molecule has 0 saturated heterocycles. The van der Waals surface area contributed by atoms with E-state index in [4.69, 9.17) is 4.74 Å². The summed E-state index contributed by atoms with van der Waals surface area (Å²) in [6.45, 7) is 2.08.